The minimum atomic E-state index is -0.710. The average molecular weight is 598 g/mol. The standard InChI is InChI=1S/C29H33F2N7O3S/c1-37(12-2-3-13-38-14-4-5-15-38)29(40)35-25-18-27(33-19-32-25)41-24-11-10-22(17-23(24)31)34-28(42)36-26(39)16-20-6-8-21(30)9-7-20/h6-11,17-19H,2-5,12-16H2,1H3,(H,32,33,35,40)(H2,34,36,39,42). The second-order valence-corrected chi connectivity index (χ2v) is 10.3. The van der Waals surface area contributed by atoms with Gasteiger partial charge in [0.25, 0.3) is 0 Å². The molecule has 13 heteroatoms. The van der Waals surface area contributed by atoms with Gasteiger partial charge in [-0.2, -0.15) is 0 Å². The highest BCUT2D eigenvalue weighted by atomic mass is 32.1. The maximum atomic E-state index is 14.8. The molecule has 2 heterocycles. The van der Waals surface area contributed by atoms with Gasteiger partial charge in [-0.15, -0.1) is 0 Å². The van der Waals surface area contributed by atoms with Gasteiger partial charge in [0.15, 0.2) is 16.7 Å². The molecule has 3 N–H and O–H groups in total. The number of likely N-dealkylation sites (tertiary alicyclic amines) is 1. The third kappa shape index (κ3) is 9.70. The quantitative estimate of drug-likeness (QED) is 0.211. The Morgan fingerprint density at radius 3 is 2.52 bits per heavy atom. The lowest BCUT2D eigenvalue weighted by Crippen LogP contribution is -2.35. The van der Waals surface area contributed by atoms with Crippen LogP contribution in [0.4, 0.5) is 25.1 Å². The number of halogens is 2. The Bertz CT molecular complexity index is 1390. The lowest BCUT2D eigenvalue weighted by molar-refractivity contribution is -0.119. The largest absolute Gasteiger partial charge is 0.436 e. The molecule has 2 aromatic carbocycles. The second kappa shape index (κ2) is 15.1. The molecule has 42 heavy (non-hydrogen) atoms. The van der Waals surface area contributed by atoms with Crippen LogP contribution in [0.5, 0.6) is 11.6 Å². The first kappa shape index (κ1) is 30.7. The van der Waals surface area contributed by atoms with Gasteiger partial charge in [0, 0.05) is 31.4 Å². The molecule has 0 saturated carbocycles. The van der Waals surface area contributed by atoms with E-state index in [1.807, 2.05) is 0 Å². The minimum Gasteiger partial charge on any atom is -0.436 e. The van der Waals surface area contributed by atoms with Crippen LogP contribution in [0.15, 0.2) is 54.9 Å². The number of nitrogens with one attached hydrogen (secondary N) is 3. The number of aromatic nitrogens is 2. The molecule has 0 radical (unpaired) electrons. The zero-order valence-corrected chi connectivity index (χ0v) is 24.1. The summed E-state index contributed by atoms with van der Waals surface area (Å²) in [6.07, 6.45) is 5.66. The van der Waals surface area contributed by atoms with Crippen LogP contribution in [0.2, 0.25) is 0 Å². The molecule has 1 aromatic heterocycles. The topological polar surface area (TPSA) is 112 Å². The number of hydrogen-bond donors (Lipinski definition) is 3. The monoisotopic (exact) mass is 597 g/mol. The van der Waals surface area contributed by atoms with Crippen LogP contribution < -0.4 is 20.7 Å². The van der Waals surface area contributed by atoms with Crippen LogP contribution >= 0.6 is 12.2 Å². The Balaban J connectivity index is 1.23. The summed E-state index contributed by atoms with van der Waals surface area (Å²) in [6.45, 7) is 3.99. The van der Waals surface area contributed by atoms with E-state index in [1.165, 1.54) is 61.6 Å². The summed E-state index contributed by atoms with van der Waals surface area (Å²) in [5, 5.41) is 7.91. The summed E-state index contributed by atoms with van der Waals surface area (Å²) >= 11 is 5.14. The lowest BCUT2D eigenvalue weighted by Gasteiger charge is -2.19. The summed E-state index contributed by atoms with van der Waals surface area (Å²) in [6, 6.07) is 10.7. The fourth-order valence-electron chi connectivity index (χ4n) is 4.36. The fourth-order valence-corrected chi connectivity index (χ4v) is 4.59. The maximum absolute atomic E-state index is 14.8. The zero-order valence-electron chi connectivity index (χ0n) is 23.2. The van der Waals surface area contributed by atoms with Crippen molar-refractivity contribution in [2.75, 3.05) is 43.9 Å². The smallest absolute Gasteiger partial charge is 0.322 e. The molecule has 0 atom stereocenters. The van der Waals surface area contributed by atoms with E-state index in [0.29, 0.717) is 12.1 Å². The lowest BCUT2D eigenvalue weighted by atomic mass is 10.1. The van der Waals surface area contributed by atoms with Crippen molar-refractivity contribution in [3.05, 3.63) is 72.1 Å². The van der Waals surface area contributed by atoms with Crippen LogP contribution in [0.1, 0.15) is 31.2 Å². The van der Waals surface area contributed by atoms with Crippen molar-refractivity contribution >= 4 is 40.8 Å². The first-order valence-electron chi connectivity index (χ1n) is 13.6. The van der Waals surface area contributed by atoms with Crippen LogP contribution in [0.3, 0.4) is 0 Å². The Hall–Kier alpha value is -4.23. The third-order valence-corrected chi connectivity index (χ3v) is 6.78. The van der Waals surface area contributed by atoms with Gasteiger partial charge in [-0.1, -0.05) is 12.1 Å². The van der Waals surface area contributed by atoms with Gasteiger partial charge in [-0.05, 0) is 87.4 Å². The van der Waals surface area contributed by atoms with Gasteiger partial charge >= 0.3 is 6.03 Å². The normalized spacial score (nSPS) is 12.9. The Morgan fingerprint density at radius 2 is 1.79 bits per heavy atom. The maximum Gasteiger partial charge on any atom is 0.322 e. The number of benzene rings is 2. The predicted molar refractivity (Wildman–Crippen MR) is 160 cm³/mol. The van der Waals surface area contributed by atoms with E-state index in [4.69, 9.17) is 17.0 Å². The van der Waals surface area contributed by atoms with E-state index >= 15 is 0 Å². The number of rotatable bonds is 11. The average Bonchev–Trinajstić information content (AvgIpc) is 3.47. The Morgan fingerprint density at radius 1 is 1.02 bits per heavy atom. The van der Waals surface area contributed by atoms with Crippen molar-refractivity contribution in [3.63, 3.8) is 0 Å². The van der Waals surface area contributed by atoms with E-state index in [9.17, 15) is 18.4 Å². The van der Waals surface area contributed by atoms with Crippen LogP contribution in [0.25, 0.3) is 0 Å². The Kier molecular flexibility index (Phi) is 11.1. The number of unbranched alkanes of at least 4 members (excludes halogenated alkanes) is 1. The number of carbonyl (C=O) groups is 2. The molecule has 10 nitrogen and oxygen atoms in total. The van der Waals surface area contributed by atoms with Crippen molar-refractivity contribution in [2.24, 2.45) is 0 Å². The number of thiocarbonyl (C=S) groups is 1. The van der Waals surface area contributed by atoms with Gasteiger partial charge in [-0.25, -0.2) is 23.5 Å². The van der Waals surface area contributed by atoms with Crippen LogP contribution in [0, 0.1) is 11.6 Å². The molecule has 1 aliphatic rings. The first-order valence-corrected chi connectivity index (χ1v) is 14.1. The molecule has 0 unspecified atom stereocenters. The molecular weight excluding hydrogens is 564 g/mol. The zero-order chi connectivity index (χ0) is 29.9. The van der Waals surface area contributed by atoms with E-state index in [1.54, 1.807) is 11.9 Å². The molecule has 1 fully saturated rings. The molecule has 4 rings (SSSR count). The van der Waals surface area contributed by atoms with Crippen molar-refractivity contribution in [3.8, 4) is 11.6 Å². The van der Waals surface area contributed by atoms with E-state index < -0.39 is 17.5 Å². The number of carbonyl (C=O) groups excluding carboxylic acids is 2. The molecule has 0 spiro atoms. The highest BCUT2D eigenvalue weighted by Crippen LogP contribution is 2.26. The molecule has 0 aliphatic carbocycles. The molecule has 1 aliphatic heterocycles. The van der Waals surface area contributed by atoms with Crippen molar-refractivity contribution in [2.45, 2.75) is 32.1 Å². The van der Waals surface area contributed by atoms with Crippen LogP contribution in [-0.2, 0) is 11.2 Å². The van der Waals surface area contributed by atoms with E-state index in [0.717, 1.165) is 38.5 Å². The third-order valence-electron chi connectivity index (χ3n) is 6.58. The first-order chi connectivity index (χ1) is 20.2. The minimum absolute atomic E-state index is 0.000240. The molecule has 0 bridgehead atoms. The van der Waals surface area contributed by atoms with E-state index in [2.05, 4.69) is 30.8 Å². The van der Waals surface area contributed by atoms with Crippen molar-refractivity contribution in [1.82, 2.24) is 25.1 Å². The predicted octanol–water partition coefficient (Wildman–Crippen LogP) is 4.94. The van der Waals surface area contributed by atoms with E-state index in [-0.39, 0.29) is 40.7 Å². The summed E-state index contributed by atoms with van der Waals surface area (Å²) in [4.78, 5) is 36.8. The number of anilines is 2. The number of amides is 3. The fraction of sp³-hybridized carbons (Fsp3) is 0.345. The van der Waals surface area contributed by atoms with Gasteiger partial charge in [0.05, 0.1) is 6.42 Å². The van der Waals surface area contributed by atoms with Crippen molar-refractivity contribution in [1.29, 1.82) is 0 Å². The number of hydrogen-bond acceptors (Lipinski definition) is 7. The molecule has 3 amide bonds. The summed E-state index contributed by atoms with van der Waals surface area (Å²) in [5.74, 6) is -1.37. The van der Waals surface area contributed by atoms with Gasteiger partial charge in [-0.3, -0.25) is 10.1 Å². The Labute approximate surface area is 248 Å². The van der Waals surface area contributed by atoms with Crippen molar-refractivity contribution < 1.29 is 23.1 Å². The molecular formula is C29H33F2N7O3S. The summed E-state index contributed by atoms with van der Waals surface area (Å²) < 4.78 is 33.4. The molecule has 1 saturated heterocycles. The summed E-state index contributed by atoms with van der Waals surface area (Å²) in [5.41, 5.74) is 0.901. The highest BCUT2D eigenvalue weighted by molar-refractivity contribution is 7.80. The second-order valence-electron chi connectivity index (χ2n) is 9.90. The summed E-state index contributed by atoms with van der Waals surface area (Å²) in [7, 11) is 1.72. The highest BCUT2D eigenvalue weighted by Gasteiger charge is 2.14. The number of nitrogens with zero attached hydrogens (tertiary/aromatic N) is 4. The number of ether oxygens (including phenoxy) is 1. The number of urea groups is 1. The van der Waals surface area contributed by atoms with Gasteiger partial charge in [0.1, 0.15) is 18.0 Å². The molecule has 222 valence electrons. The van der Waals surface area contributed by atoms with Gasteiger partial charge < -0.3 is 25.2 Å². The SMILES string of the molecule is CN(CCCCN1CCCC1)C(=O)Nc1cc(Oc2ccc(NC(=S)NC(=O)Cc3ccc(F)cc3)cc2F)ncn1. The van der Waals surface area contributed by atoms with Gasteiger partial charge in [0.2, 0.25) is 11.8 Å². The molecule has 3 aromatic rings. The van der Waals surface area contributed by atoms with Crippen LogP contribution in [-0.4, -0.2) is 70.0 Å².